The minimum Gasteiger partial charge on any atom is -0.508 e. The number of ether oxygens (including phenoxy) is 1. The number of aromatic hydroxyl groups is 1. The van der Waals surface area contributed by atoms with Gasteiger partial charge in [0, 0.05) is 43.8 Å². The van der Waals surface area contributed by atoms with Gasteiger partial charge in [-0.3, -0.25) is 4.79 Å². The van der Waals surface area contributed by atoms with Gasteiger partial charge in [0.25, 0.3) is 0 Å². The van der Waals surface area contributed by atoms with E-state index in [9.17, 15) is 12.6 Å². The van der Waals surface area contributed by atoms with Crippen molar-refractivity contribution in [2.45, 2.75) is 103 Å². The molecular weight excluding hydrogens is 336 g/mol. The highest BCUT2D eigenvalue weighted by Gasteiger charge is 2.47. The third-order valence-electron chi connectivity index (χ3n) is 5.10. The number of hydrogen-bond donors (Lipinski definition) is 1. The minimum absolute atomic E-state index is 0.00354. The number of ketones is 1. The molecule has 27 heavy (non-hydrogen) atoms. The van der Waals surface area contributed by atoms with Crippen molar-refractivity contribution >= 4 is 5.78 Å². The number of benzene rings is 1. The highest BCUT2D eigenvalue weighted by molar-refractivity contribution is 5.81. The highest BCUT2D eigenvalue weighted by atomic mass is 16.5. The number of Topliss-reactive ketones (excluding diaryl/α,β-unsaturated/α-hetero) is 1. The molecule has 1 fully saturated rings. The van der Waals surface area contributed by atoms with Crippen molar-refractivity contribution in [1.82, 2.24) is 0 Å². The van der Waals surface area contributed by atoms with Gasteiger partial charge in [0.2, 0.25) is 0 Å². The fourth-order valence-electron chi connectivity index (χ4n) is 3.47. The Hall–Kier alpha value is -1.51. The number of hydrogen-bond acceptors (Lipinski definition) is 3. The molecule has 0 bridgehead atoms. The average molecular weight is 385 g/mol. The van der Waals surface area contributed by atoms with Crippen molar-refractivity contribution in [3.05, 3.63) is 23.2 Å². The summed E-state index contributed by atoms with van der Waals surface area (Å²) < 4.78 is 108. The lowest BCUT2D eigenvalue weighted by Crippen LogP contribution is -2.47. The first kappa shape index (κ1) is 9.80. The normalized spacial score (nSPS) is 42.2. The van der Waals surface area contributed by atoms with E-state index in [1.54, 1.807) is 13.8 Å². The van der Waals surface area contributed by atoms with Crippen molar-refractivity contribution < 1.29 is 31.1 Å². The Morgan fingerprint density at radius 2 is 2.15 bits per heavy atom. The van der Waals surface area contributed by atoms with E-state index in [0.717, 1.165) is 13.8 Å². The Bertz CT molecular complexity index is 1200. The summed E-state index contributed by atoms with van der Waals surface area (Å²) in [5.41, 5.74) is -4.04. The van der Waals surface area contributed by atoms with Crippen LogP contribution in [-0.4, -0.2) is 16.5 Å². The maximum Gasteiger partial charge on any atom is 0.133 e. The van der Waals surface area contributed by atoms with E-state index in [0.29, 0.717) is 25.7 Å². The molecule has 1 aliphatic carbocycles. The van der Waals surface area contributed by atoms with Gasteiger partial charge in [-0.25, -0.2) is 0 Å². The molecule has 0 saturated heterocycles. The molecule has 0 unspecified atom stereocenters. The number of phenolic OH excluding ortho intramolecular Hbond substituents is 1. The molecular formula is C24H36O3. The summed E-state index contributed by atoms with van der Waals surface area (Å²) in [6.45, 7) is 7.19. The van der Waals surface area contributed by atoms with Gasteiger partial charge in [-0.1, -0.05) is 46.4 Å². The maximum absolute atomic E-state index is 13.1. The summed E-state index contributed by atoms with van der Waals surface area (Å²) in [7, 11) is 0. The topological polar surface area (TPSA) is 46.5 Å². The van der Waals surface area contributed by atoms with E-state index >= 15 is 0 Å². The monoisotopic (exact) mass is 384 g/mol. The van der Waals surface area contributed by atoms with Crippen molar-refractivity contribution in [2.24, 2.45) is 5.89 Å². The summed E-state index contributed by atoms with van der Waals surface area (Å²) >= 11 is 0. The molecule has 0 amide bonds. The van der Waals surface area contributed by atoms with Gasteiger partial charge in [0.15, 0.2) is 0 Å². The van der Waals surface area contributed by atoms with Crippen LogP contribution < -0.4 is 4.74 Å². The molecule has 2 atom stereocenters. The summed E-state index contributed by atoms with van der Waals surface area (Å²) in [5, 5.41) is 11.3. The predicted octanol–water partition coefficient (Wildman–Crippen LogP) is 6.26. The Kier molecular flexibility index (Phi) is 2.72. The lowest BCUT2D eigenvalue weighted by atomic mass is 9.66. The molecule has 3 nitrogen and oxygen atoms in total. The zero-order valence-corrected chi connectivity index (χ0v) is 16.6. The molecule has 1 aromatic rings. The van der Waals surface area contributed by atoms with Crippen LogP contribution in [-0.2, 0) is 10.2 Å². The molecule has 1 aromatic carbocycles. The second-order valence-electron chi connectivity index (χ2n) is 8.19. The van der Waals surface area contributed by atoms with Gasteiger partial charge in [-0.2, -0.15) is 0 Å². The summed E-state index contributed by atoms with van der Waals surface area (Å²) in [4.78, 5) is 13.1. The number of unbranched alkanes of at least 4 members (excludes halogenated alkanes) is 1. The standard InChI is InChI=1S/C24H36O3/c1-6-7-8-9-12-23(2,3)16-13-20(26)22-18-15-17(25)10-11-19(18)24(4,5)27-21(22)14-16/h13-14,18-19,26H,6-12,15H2,1-5H3/t18-,19-/m1/s1/i6D2,10D2,11D2,13D,14D,15D2,18D,19D. The van der Waals surface area contributed by atoms with E-state index in [1.165, 1.54) is 6.92 Å². The smallest absolute Gasteiger partial charge is 0.133 e. The minimum atomic E-state index is -3.56. The van der Waals surface area contributed by atoms with Crippen molar-refractivity contribution in [3.8, 4) is 11.5 Å². The fourth-order valence-corrected chi connectivity index (χ4v) is 3.47. The van der Waals surface area contributed by atoms with Gasteiger partial charge in [0.05, 0.1) is 2.74 Å². The fraction of sp³-hybridized carbons (Fsp3) is 0.708. The molecule has 150 valence electrons. The molecule has 2 aliphatic rings. The van der Waals surface area contributed by atoms with E-state index in [1.807, 2.05) is 0 Å². The lowest BCUT2D eigenvalue weighted by molar-refractivity contribution is -0.124. The van der Waals surface area contributed by atoms with Crippen LogP contribution in [0, 0.1) is 5.89 Å². The van der Waals surface area contributed by atoms with Gasteiger partial charge in [0.1, 0.15) is 22.9 Å². The van der Waals surface area contributed by atoms with Crippen LogP contribution in [0.3, 0.4) is 0 Å². The first-order chi connectivity index (χ1) is 17.2. The molecule has 1 heterocycles. The van der Waals surface area contributed by atoms with E-state index < -0.39 is 83.2 Å². The Balaban J connectivity index is 2.34. The van der Waals surface area contributed by atoms with Gasteiger partial charge < -0.3 is 9.84 Å². The predicted molar refractivity (Wildman–Crippen MR) is 110 cm³/mol. The number of carbonyl (C=O) groups excluding carboxylic acids is 1. The van der Waals surface area contributed by atoms with Gasteiger partial charge >= 0.3 is 0 Å². The van der Waals surface area contributed by atoms with Crippen molar-refractivity contribution in [1.29, 1.82) is 0 Å². The zero-order valence-electron chi connectivity index (χ0n) is 28.6. The van der Waals surface area contributed by atoms with Gasteiger partial charge in [-0.05, 0) is 49.7 Å². The molecule has 1 aliphatic heterocycles. The first-order valence-electron chi connectivity index (χ1n) is 15.3. The lowest BCUT2D eigenvalue weighted by Gasteiger charge is -2.47. The Morgan fingerprint density at radius 1 is 1.41 bits per heavy atom. The van der Waals surface area contributed by atoms with Gasteiger partial charge in [-0.15, -0.1) is 0 Å². The van der Waals surface area contributed by atoms with Crippen LogP contribution in [0.25, 0.3) is 0 Å². The molecule has 0 radical (unpaired) electrons. The van der Waals surface area contributed by atoms with Crippen molar-refractivity contribution in [2.75, 3.05) is 0 Å². The van der Waals surface area contributed by atoms with E-state index in [-0.39, 0.29) is 5.56 Å². The largest absolute Gasteiger partial charge is 0.508 e. The van der Waals surface area contributed by atoms with Crippen LogP contribution in [0.4, 0.5) is 0 Å². The highest BCUT2D eigenvalue weighted by Crippen LogP contribution is 2.54. The van der Waals surface area contributed by atoms with Crippen LogP contribution in [0.2, 0.25) is 0 Å². The zero-order chi connectivity index (χ0) is 30.6. The second-order valence-corrected chi connectivity index (χ2v) is 8.19. The number of phenols is 1. The van der Waals surface area contributed by atoms with Crippen molar-refractivity contribution in [3.63, 3.8) is 0 Å². The maximum atomic E-state index is 13.1. The molecule has 0 spiro atoms. The third kappa shape index (κ3) is 4.02. The first-order valence-corrected chi connectivity index (χ1v) is 9.29. The second kappa shape index (κ2) is 7.48. The molecule has 1 saturated carbocycles. The van der Waals surface area contributed by atoms with E-state index in [4.69, 9.17) is 18.4 Å². The molecule has 0 aromatic heterocycles. The molecule has 3 rings (SSSR count). The van der Waals surface area contributed by atoms with E-state index in [2.05, 4.69) is 0 Å². The SMILES string of the molecule is [2H]c1c(O)c2c(c([2H])c1C(C)(C)CCCCC([2H])([2H])C)OC(C)(C)[C@]1([2H])C([2H])([2H])C([2H])([2H])C(=O)C([2H])([2H])[C@@]21[2H]. The number of fused-ring (bicyclic) bond motifs is 3. The van der Waals surface area contributed by atoms with Crippen LogP contribution in [0.15, 0.2) is 12.1 Å². The summed E-state index contributed by atoms with van der Waals surface area (Å²) in [6, 6.07) is -1.15. The Labute approximate surface area is 181 Å². The van der Waals surface area contributed by atoms with Crippen LogP contribution in [0.1, 0.15) is 119 Å². The van der Waals surface area contributed by atoms with Crippen LogP contribution >= 0.6 is 0 Å². The summed E-state index contributed by atoms with van der Waals surface area (Å²) in [6.07, 6.45) is -10.3. The quantitative estimate of drug-likeness (QED) is 0.588. The third-order valence-corrected chi connectivity index (χ3v) is 5.10. The number of carbonyl (C=O) groups is 1. The van der Waals surface area contributed by atoms with Crippen LogP contribution in [0.5, 0.6) is 11.5 Å². The Morgan fingerprint density at radius 3 is 2.85 bits per heavy atom. The molecule has 3 heteroatoms. The molecule has 1 N–H and O–H groups in total. The number of rotatable bonds is 6. The average Bonchev–Trinajstić information content (AvgIpc) is 2.76. The summed E-state index contributed by atoms with van der Waals surface area (Å²) in [5.74, 6) is -10.00.